The summed E-state index contributed by atoms with van der Waals surface area (Å²) >= 11 is 7.66. The van der Waals surface area contributed by atoms with Crippen molar-refractivity contribution in [1.29, 1.82) is 0 Å². The number of aromatic nitrogens is 3. The fourth-order valence-corrected chi connectivity index (χ4v) is 6.68. The summed E-state index contributed by atoms with van der Waals surface area (Å²) in [6.07, 6.45) is 1.24. The van der Waals surface area contributed by atoms with Crippen LogP contribution in [0.15, 0.2) is 47.6 Å². The number of nitrogens with zero attached hydrogens (tertiary/aromatic N) is 5. The summed E-state index contributed by atoms with van der Waals surface area (Å²) in [5.74, 6) is 0.317. The van der Waals surface area contributed by atoms with Crippen LogP contribution in [0.5, 0.6) is 0 Å². The molecule has 1 aliphatic heterocycles. The average molecular weight is 732 g/mol. The molecule has 1 saturated heterocycles. The Balaban J connectivity index is 1.43. The summed E-state index contributed by atoms with van der Waals surface area (Å²) in [5, 5.41) is 16.1. The van der Waals surface area contributed by atoms with Crippen molar-refractivity contribution in [3.8, 4) is 11.3 Å². The number of hydrogen-bond donors (Lipinski definition) is 2. The van der Waals surface area contributed by atoms with Gasteiger partial charge in [0.2, 0.25) is 5.91 Å². The van der Waals surface area contributed by atoms with Crippen molar-refractivity contribution in [3.05, 3.63) is 53.4 Å². The van der Waals surface area contributed by atoms with E-state index >= 15 is 0 Å². The third-order valence-corrected chi connectivity index (χ3v) is 14.0. The molecule has 3 aromatic rings. The van der Waals surface area contributed by atoms with E-state index in [1.807, 2.05) is 25.7 Å². The standard InChI is InChI=1S/C34H47ClFN7O4SSi/c1-33(2,3)47-32(45)43-15-13-42(14-16-43)22-30(44)39-29-20-24(11-12-37-29)38-28-21-27(25-19-23(35)9-10-26(25)36)40-41-31(28)48-18-17-46-49(7,8)34(4,5)6/h9-12,19-21H,13-18,22H2,1-8H3,(H2,37,38,39,40,44). The number of ether oxygens (including phenoxy) is 1. The SMILES string of the molecule is CC(C)(C)OC(=O)N1CCN(CC(=O)Nc2cc(Nc3cc(-c4cc(Cl)ccc4F)nnc3SCCO[Si](C)(C)C(C)(C)C)ccn2)CC1. The number of benzene rings is 1. The second-order valence-corrected chi connectivity index (χ2v) is 20.7. The van der Waals surface area contributed by atoms with E-state index in [1.54, 1.807) is 29.3 Å². The molecule has 3 heterocycles. The largest absolute Gasteiger partial charge is 0.444 e. The molecule has 2 amide bonds. The predicted molar refractivity (Wildman–Crippen MR) is 197 cm³/mol. The molecule has 0 aliphatic carbocycles. The van der Waals surface area contributed by atoms with Crippen LogP contribution in [0, 0.1) is 5.82 Å². The zero-order valence-electron chi connectivity index (χ0n) is 29.5. The van der Waals surface area contributed by atoms with Crippen LogP contribution in [0.3, 0.4) is 0 Å². The highest BCUT2D eigenvalue weighted by molar-refractivity contribution is 7.99. The van der Waals surface area contributed by atoms with Crippen LogP contribution >= 0.6 is 23.4 Å². The molecule has 1 aliphatic rings. The Morgan fingerprint density at radius 1 is 1.02 bits per heavy atom. The quantitative estimate of drug-likeness (QED) is 0.115. The van der Waals surface area contributed by atoms with Gasteiger partial charge in [0.15, 0.2) is 8.32 Å². The highest BCUT2D eigenvalue weighted by Crippen LogP contribution is 2.37. The van der Waals surface area contributed by atoms with E-state index in [9.17, 15) is 14.0 Å². The maximum absolute atomic E-state index is 14.8. The van der Waals surface area contributed by atoms with Crippen molar-refractivity contribution in [2.75, 3.05) is 55.7 Å². The second-order valence-electron chi connectivity index (χ2n) is 14.4. The number of carbonyl (C=O) groups is 2. The zero-order chi connectivity index (χ0) is 36.0. The minimum absolute atomic E-state index is 0.0953. The number of carbonyl (C=O) groups excluding carboxylic acids is 2. The topological polar surface area (TPSA) is 122 Å². The molecule has 2 N–H and O–H groups in total. The van der Waals surface area contributed by atoms with Crippen molar-refractivity contribution in [1.82, 2.24) is 25.0 Å². The lowest BCUT2D eigenvalue weighted by atomic mass is 10.1. The lowest BCUT2D eigenvalue weighted by molar-refractivity contribution is -0.117. The predicted octanol–water partition coefficient (Wildman–Crippen LogP) is 7.68. The van der Waals surface area contributed by atoms with Gasteiger partial charge in [0, 0.05) is 67.1 Å². The van der Waals surface area contributed by atoms with Gasteiger partial charge in [0.25, 0.3) is 0 Å². The van der Waals surface area contributed by atoms with Crippen molar-refractivity contribution in [2.45, 2.75) is 70.3 Å². The summed E-state index contributed by atoms with van der Waals surface area (Å²) < 4.78 is 26.6. The first-order chi connectivity index (χ1) is 22.9. The Hall–Kier alpha value is -3.30. The lowest BCUT2D eigenvalue weighted by Crippen LogP contribution is -2.51. The molecule has 2 aromatic heterocycles. The van der Waals surface area contributed by atoms with E-state index < -0.39 is 19.7 Å². The lowest BCUT2D eigenvalue weighted by Gasteiger charge is -2.36. The van der Waals surface area contributed by atoms with Crippen molar-refractivity contribution in [2.24, 2.45) is 0 Å². The van der Waals surface area contributed by atoms with Crippen molar-refractivity contribution in [3.63, 3.8) is 0 Å². The molecule has 49 heavy (non-hydrogen) atoms. The number of thioether (sulfide) groups is 1. The number of pyridine rings is 1. The molecule has 0 spiro atoms. The van der Waals surface area contributed by atoms with Crippen molar-refractivity contribution >= 4 is 60.9 Å². The fourth-order valence-electron chi connectivity index (χ4n) is 4.59. The Morgan fingerprint density at radius 3 is 2.41 bits per heavy atom. The highest BCUT2D eigenvalue weighted by Gasteiger charge is 2.37. The maximum Gasteiger partial charge on any atom is 0.410 e. The molecule has 0 saturated carbocycles. The second kappa shape index (κ2) is 16.1. The Labute approximate surface area is 298 Å². The number of hydrogen-bond acceptors (Lipinski definition) is 10. The summed E-state index contributed by atoms with van der Waals surface area (Å²) in [5.41, 5.74) is 1.23. The van der Waals surface area contributed by atoms with Crippen LogP contribution < -0.4 is 10.6 Å². The van der Waals surface area contributed by atoms with E-state index in [0.717, 1.165) is 0 Å². The van der Waals surface area contributed by atoms with Crippen LogP contribution in [0.4, 0.5) is 26.4 Å². The van der Waals surface area contributed by atoms with E-state index in [1.165, 1.54) is 30.0 Å². The van der Waals surface area contributed by atoms with Gasteiger partial charge in [-0.25, -0.2) is 14.2 Å². The number of amides is 2. The van der Waals surface area contributed by atoms with Gasteiger partial charge in [0.05, 0.1) is 17.9 Å². The summed E-state index contributed by atoms with van der Waals surface area (Å²) in [7, 11) is -1.92. The van der Waals surface area contributed by atoms with E-state index in [0.29, 0.717) is 71.5 Å². The van der Waals surface area contributed by atoms with Gasteiger partial charge in [-0.15, -0.1) is 22.0 Å². The number of anilines is 3. The van der Waals surface area contributed by atoms with Gasteiger partial charge in [-0.1, -0.05) is 32.4 Å². The van der Waals surface area contributed by atoms with Gasteiger partial charge in [0.1, 0.15) is 22.3 Å². The number of halogens is 2. The molecular formula is C34H47ClFN7O4SSi. The highest BCUT2D eigenvalue weighted by atomic mass is 35.5. The van der Waals surface area contributed by atoms with E-state index in [4.69, 9.17) is 20.8 Å². The molecule has 1 fully saturated rings. The third-order valence-electron chi connectivity index (χ3n) is 8.25. The van der Waals surface area contributed by atoms with Gasteiger partial charge in [-0.05, 0) is 69.2 Å². The Bertz CT molecular complexity index is 1630. The number of piperazine rings is 1. The number of rotatable bonds is 11. The minimum Gasteiger partial charge on any atom is -0.444 e. The molecule has 0 radical (unpaired) electrons. The maximum atomic E-state index is 14.8. The molecule has 15 heteroatoms. The van der Waals surface area contributed by atoms with E-state index in [2.05, 4.69) is 59.7 Å². The first-order valence-electron chi connectivity index (χ1n) is 16.2. The first kappa shape index (κ1) is 38.5. The molecule has 4 rings (SSSR count). The average Bonchev–Trinajstić information content (AvgIpc) is 3.00. The van der Waals surface area contributed by atoms with Gasteiger partial charge in [-0.3, -0.25) is 9.69 Å². The summed E-state index contributed by atoms with van der Waals surface area (Å²) in [6.45, 7) is 19.3. The summed E-state index contributed by atoms with van der Waals surface area (Å²) in [6, 6.07) is 9.51. The van der Waals surface area contributed by atoms with Gasteiger partial charge in [-0.2, -0.15) is 0 Å². The van der Waals surface area contributed by atoms with Gasteiger partial charge >= 0.3 is 6.09 Å². The van der Waals surface area contributed by atoms with Crippen LogP contribution in [-0.2, 0) is 14.0 Å². The molecule has 0 bridgehead atoms. The monoisotopic (exact) mass is 731 g/mol. The third kappa shape index (κ3) is 11.4. The molecule has 0 atom stereocenters. The van der Waals surface area contributed by atoms with Crippen LogP contribution in [0.1, 0.15) is 41.5 Å². The number of nitrogens with one attached hydrogen (secondary N) is 2. The van der Waals surface area contributed by atoms with Crippen LogP contribution in [0.25, 0.3) is 11.3 Å². The molecule has 1 aromatic carbocycles. The molecule has 11 nitrogen and oxygen atoms in total. The normalized spacial score (nSPS) is 14.4. The Kier molecular flexibility index (Phi) is 12.7. The minimum atomic E-state index is -1.92. The zero-order valence-corrected chi connectivity index (χ0v) is 32.1. The van der Waals surface area contributed by atoms with E-state index in [-0.39, 0.29) is 29.1 Å². The van der Waals surface area contributed by atoms with Crippen molar-refractivity contribution < 1.29 is 23.1 Å². The fraction of sp³-hybridized carbons (Fsp3) is 0.500. The van der Waals surface area contributed by atoms with Crippen LogP contribution in [-0.4, -0.2) is 96.0 Å². The smallest absolute Gasteiger partial charge is 0.410 e. The molecular weight excluding hydrogens is 685 g/mol. The van der Waals surface area contributed by atoms with Crippen LogP contribution in [0.2, 0.25) is 23.2 Å². The summed E-state index contributed by atoms with van der Waals surface area (Å²) in [4.78, 5) is 33.3. The molecule has 266 valence electrons. The Morgan fingerprint density at radius 2 is 1.73 bits per heavy atom. The molecule has 0 unspecified atom stereocenters. The van der Waals surface area contributed by atoms with Gasteiger partial charge < -0.3 is 24.7 Å². The first-order valence-corrected chi connectivity index (χ1v) is 20.5.